The fourth-order valence-corrected chi connectivity index (χ4v) is 1.83. The molecule has 0 spiro atoms. The maximum absolute atomic E-state index is 11.6. The number of amides is 2. The minimum absolute atomic E-state index is 0.285. The number of aliphatic carboxylic acids is 1. The average Bonchev–Trinajstić information content (AvgIpc) is 2.47. The standard InChI is InChI=1S/C12H18N2O7/c1-8(13-6-15)11(18)20-7-21-12(19)14-4-2-9(3-5-14)10(16)17/h6,8-9H,2-5,7H2,1H3,(H,13,15)(H,16,17)/t8-/m0/s1. The first-order valence-corrected chi connectivity index (χ1v) is 6.46. The number of esters is 1. The molecular formula is C12H18N2O7. The largest absolute Gasteiger partial charge is 0.481 e. The monoisotopic (exact) mass is 302 g/mol. The van der Waals surface area contributed by atoms with Crippen LogP contribution < -0.4 is 5.32 Å². The van der Waals surface area contributed by atoms with Crippen molar-refractivity contribution < 1.29 is 33.8 Å². The molecule has 1 heterocycles. The molecule has 118 valence electrons. The van der Waals surface area contributed by atoms with Gasteiger partial charge in [0.15, 0.2) is 0 Å². The van der Waals surface area contributed by atoms with Crippen LogP contribution in [0.5, 0.6) is 0 Å². The van der Waals surface area contributed by atoms with Gasteiger partial charge in [0.25, 0.3) is 0 Å². The van der Waals surface area contributed by atoms with Crippen LogP contribution in [0.4, 0.5) is 4.79 Å². The van der Waals surface area contributed by atoms with E-state index in [0.717, 1.165) is 0 Å². The molecule has 0 bridgehead atoms. The number of hydrogen-bond acceptors (Lipinski definition) is 6. The molecule has 1 aliphatic rings. The van der Waals surface area contributed by atoms with E-state index >= 15 is 0 Å². The number of nitrogens with zero attached hydrogens (tertiary/aromatic N) is 1. The van der Waals surface area contributed by atoms with E-state index in [-0.39, 0.29) is 13.1 Å². The molecule has 21 heavy (non-hydrogen) atoms. The zero-order chi connectivity index (χ0) is 15.8. The Morgan fingerprint density at radius 1 is 1.33 bits per heavy atom. The summed E-state index contributed by atoms with van der Waals surface area (Å²) in [5, 5.41) is 11.0. The van der Waals surface area contributed by atoms with Gasteiger partial charge in [-0.05, 0) is 19.8 Å². The van der Waals surface area contributed by atoms with Crippen LogP contribution in [0.15, 0.2) is 0 Å². The number of carboxylic acids is 1. The highest BCUT2D eigenvalue weighted by Gasteiger charge is 2.27. The number of nitrogens with one attached hydrogen (secondary N) is 1. The van der Waals surface area contributed by atoms with Crippen molar-refractivity contribution in [1.82, 2.24) is 10.2 Å². The van der Waals surface area contributed by atoms with Crippen molar-refractivity contribution in [2.75, 3.05) is 19.9 Å². The van der Waals surface area contributed by atoms with Gasteiger partial charge < -0.3 is 24.8 Å². The van der Waals surface area contributed by atoms with Gasteiger partial charge in [0.05, 0.1) is 5.92 Å². The van der Waals surface area contributed by atoms with E-state index < -0.39 is 36.8 Å². The fraction of sp³-hybridized carbons (Fsp3) is 0.667. The van der Waals surface area contributed by atoms with Crippen LogP contribution in [0.25, 0.3) is 0 Å². The van der Waals surface area contributed by atoms with Crippen molar-refractivity contribution in [1.29, 1.82) is 0 Å². The number of hydrogen-bond donors (Lipinski definition) is 2. The summed E-state index contributed by atoms with van der Waals surface area (Å²) in [6.45, 7) is 1.44. The number of rotatable bonds is 6. The zero-order valence-corrected chi connectivity index (χ0v) is 11.6. The number of carboxylic acid groups (broad SMARTS) is 1. The van der Waals surface area contributed by atoms with Crippen molar-refractivity contribution >= 4 is 24.4 Å². The van der Waals surface area contributed by atoms with Gasteiger partial charge >= 0.3 is 18.0 Å². The summed E-state index contributed by atoms with van der Waals surface area (Å²) in [6, 6.07) is -0.826. The van der Waals surface area contributed by atoms with Gasteiger partial charge in [-0.25, -0.2) is 9.59 Å². The Labute approximate surface area is 121 Å². The second kappa shape index (κ2) is 8.08. The van der Waals surface area contributed by atoms with E-state index in [2.05, 4.69) is 10.1 Å². The Bertz CT molecular complexity index is 404. The van der Waals surface area contributed by atoms with Crippen molar-refractivity contribution in [3.8, 4) is 0 Å². The van der Waals surface area contributed by atoms with Crippen LogP contribution in [0.1, 0.15) is 19.8 Å². The Morgan fingerprint density at radius 3 is 2.48 bits per heavy atom. The Kier molecular flexibility index (Phi) is 6.44. The van der Waals surface area contributed by atoms with Crippen molar-refractivity contribution in [3.63, 3.8) is 0 Å². The number of carbonyl (C=O) groups is 4. The molecule has 0 aromatic carbocycles. The fourth-order valence-electron chi connectivity index (χ4n) is 1.83. The molecule has 0 radical (unpaired) electrons. The van der Waals surface area contributed by atoms with Crippen LogP contribution in [0, 0.1) is 5.92 Å². The minimum atomic E-state index is -0.867. The smallest absolute Gasteiger partial charge is 0.412 e. The van der Waals surface area contributed by atoms with Crippen molar-refractivity contribution in [3.05, 3.63) is 0 Å². The molecule has 1 atom stereocenters. The third-order valence-electron chi connectivity index (χ3n) is 3.16. The van der Waals surface area contributed by atoms with Gasteiger partial charge in [-0.2, -0.15) is 0 Å². The summed E-state index contributed by atoms with van der Waals surface area (Å²) in [5.41, 5.74) is 0. The minimum Gasteiger partial charge on any atom is -0.481 e. The summed E-state index contributed by atoms with van der Waals surface area (Å²) < 4.78 is 9.41. The first-order chi connectivity index (χ1) is 9.95. The molecule has 1 saturated heterocycles. The van der Waals surface area contributed by atoms with E-state index in [9.17, 15) is 19.2 Å². The van der Waals surface area contributed by atoms with Crippen LogP contribution in [-0.2, 0) is 23.9 Å². The van der Waals surface area contributed by atoms with Gasteiger partial charge in [-0.1, -0.05) is 0 Å². The lowest BCUT2D eigenvalue weighted by atomic mass is 9.97. The number of carbonyl (C=O) groups excluding carboxylic acids is 3. The number of likely N-dealkylation sites (tertiary alicyclic amines) is 1. The van der Waals surface area contributed by atoms with Crippen LogP contribution in [0.3, 0.4) is 0 Å². The number of piperidine rings is 1. The van der Waals surface area contributed by atoms with E-state index in [0.29, 0.717) is 19.3 Å². The lowest BCUT2D eigenvalue weighted by Gasteiger charge is -2.29. The maximum Gasteiger partial charge on any atom is 0.412 e. The van der Waals surface area contributed by atoms with Crippen molar-refractivity contribution in [2.45, 2.75) is 25.8 Å². The Balaban J connectivity index is 2.24. The highest BCUT2D eigenvalue weighted by atomic mass is 16.7. The first kappa shape index (κ1) is 16.7. The van der Waals surface area contributed by atoms with Crippen LogP contribution in [-0.4, -0.2) is 60.4 Å². The molecule has 0 aromatic rings. The molecule has 1 aliphatic heterocycles. The molecule has 1 rings (SSSR count). The molecule has 9 heteroatoms. The summed E-state index contributed by atoms with van der Waals surface area (Å²) >= 11 is 0. The van der Waals surface area contributed by atoms with E-state index in [4.69, 9.17) is 9.84 Å². The second-order valence-electron chi connectivity index (χ2n) is 4.60. The third kappa shape index (κ3) is 5.28. The lowest BCUT2D eigenvalue weighted by molar-refractivity contribution is -0.155. The average molecular weight is 302 g/mol. The van der Waals surface area contributed by atoms with Gasteiger partial charge in [0, 0.05) is 13.1 Å². The summed E-state index contributed by atoms with van der Waals surface area (Å²) in [5.74, 6) is -2.03. The van der Waals surface area contributed by atoms with E-state index in [1.165, 1.54) is 11.8 Å². The Morgan fingerprint density at radius 2 is 1.95 bits per heavy atom. The van der Waals surface area contributed by atoms with Gasteiger partial charge in [0.2, 0.25) is 13.2 Å². The normalized spacial score (nSPS) is 16.7. The predicted octanol–water partition coefficient (Wildman–Crippen LogP) is -0.445. The summed E-state index contributed by atoms with van der Waals surface area (Å²) in [7, 11) is 0. The predicted molar refractivity (Wildman–Crippen MR) is 68.0 cm³/mol. The molecular weight excluding hydrogens is 284 g/mol. The molecule has 2 amide bonds. The molecule has 9 nitrogen and oxygen atoms in total. The van der Waals surface area contributed by atoms with E-state index in [1.54, 1.807) is 0 Å². The lowest BCUT2D eigenvalue weighted by Crippen LogP contribution is -2.41. The highest BCUT2D eigenvalue weighted by molar-refractivity contribution is 5.77. The van der Waals surface area contributed by atoms with Crippen molar-refractivity contribution in [2.24, 2.45) is 5.92 Å². The molecule has 0 saturated carbocycles. The van der Waals surface area contributed by atoms with Gasteiger partial charge in [0.1, 0.15) is 6.04 Å². The van der Waals surface area contributed by atoms with Crippen LogP contribution >= 0.6 is 0 Å². The third-order valence-corrected chi connectivity index (χ3v) is 3.16. The topological polar surface area (TPSA) is 122 Å². The molecule has 1 fully saturated rings. The van der Waals surface area contributed by atoms with Crippen LogP contribution in [0.2, 0.25) is 0 Å². The molecule has 0 aliphatic carbocycles. The van der Waals surface area contributed by atoms with E-state index in [1.807, 2.05) is 0 Å². The molecule has 0 unspecified atom stereocenters. The zero-order valence-electron chi connectivity index (χ0n) is 11.6. The maximum atomic E-state index is 11.6. The molecule has 0 aromatic heterocycles. The highest BCUT2D eigenvalue weighted by Crippen LogP contribution is 2.17. The second-order valence-corrected chi connectivity index (χ2v) is 4.60. The van der Waals surface area contributed by atoms with Gasteiger partial charge in [-0.3, -0.25) is 9.59 Å². The summed E-state index contributed by atoms with van der Waals surface area (Å²) in [4.78, 5) is 45.2. The molecule has 2 N–H and O–H groups in total. The summed E-state index contributed by atoms with van der Waals surface area (Å²) in [6.07, 6.45) is 0.433. The Hall–Kier alpha value is -2.32. The first-order valence-electron chi connectivity index (χ1n) is 6.46. The van der Waals surface area contributed by atoms with Gasteiger partial charge in [-0.15, -0.1) is 0 Å². The number of ether oxygens (including phenoxy) is 2. The SMILES string of the molecule is C[C@H](NC=O)C(=O)OCOC(=O)N1CCC(C(=O)O)CC1. The quantitative estimate of drug-likeness (QED) is 0.387.